The maximum atomic E-state index is 5.93. The van der Waals surface area contributed by atoms with E-state index in [1.54, 1.807) is 0 Å². The van der Waals surface area contributed by atoms with Crippen molar-refractivity contribution in [2.45, 2.75) is 52.6 Å². The first-order chi connectivity index (χ1) is 8.10. The third-order valence-electron chi connectivity index (χ3n) is 3.31. The molecule has 1 aromatic rings. The van der Waals surface area contributed by atoms with E-state index in [9.17, 15) is 0 Å². The van der Waals surface area contributed by atoms with E-state index in [2.05, 4.69) is 56.9 Å². The molecule has 17 heavy (non-hydrogen) atoms. The Morgan fingerprint density at radius 2 is 1.82 bits per heavy atom. The summed E-state index contributed by atoms with van der Waals surface area (Å²) in [6.07, 6.45) is 2.11. The Morgan fingerprint density at radius 3 is 2.35 bits per heavy atom. The highest BCUT2D eigenvalue weighted by molar-refractivity contribution is 5.54. The average molecular weight is 234 g/mol. The maximum absolute atomic E-state index is 5.93. The van der Waals surface area contributed by atoms with Gasteiger partial charge in [-0.25, -0.2) is 0 Å². The van der Waals surface area contributed by atoms with Crippen LogP contribution in [0.25, 0.3) is 0 Å². The normalized spacial score (nSPS) is 14.4. The number of rotatable bonds is 6. The summed E-state index contributed by atoms with van der Waals surface area (Å²) in [5, 5.41) is 0. The Balaban J connectivity index is 3.01. The van der Waals surface area contributed by atoms with Gasteiger partial charge in [0.25, 0.3) is 0 Å². The van der Waals surface area contributed by atoms with E-state index in [-0.39, 0.29) is 6.04 Å². The highest BCUT2D eigenvalue weighted by Gasteiger charge is 2.14. The van der Waals surface area contributed by atoms with Crippen molar-refractivity contribution in [1.82, 2.24) is 0 Å². The minimum absolute atomic E-state index is 0.215. The molecule has 0 aliphatic rings. The lowest BCUT2D eigenvalue weighted by Gasteiger charge is -2.31. The van der Waals surface area contributed by atoms with Crippen LogP contribution >= 0.6 is 0 Å². The van der Waals surface area contributed by atoms with Crippen molar-refractivity contribution >= 4 is 5.69 Å². The summed E-state index contributed by atoms with van der Waals surface area (Å²) in [7, 11) is 0. The standard InChI is InChI=1S/C15H26N2/c1-5-13(4)17(6-2)15-10-8-7-9-14(15)11-12(3)16/h7-10,12-13H,5-6,11,16H2,1-4H3. The van der Waals surface area contributed by atoms with Gasteiger partial charge in [0.05, 0.1) is 0 Å². The molecule has 0 saturated heterocycles. The molecule has 0 aromatic heterocycles. The van der Waals surface area contributed by atoms with Gasteiger partial charge in [-0.2, -0.15) is 0 Å². The zero-order valence-electron chi connectivity index (χ0n) is 11.6. The van der Waals surface area contributed by atoms with Crippen LogP contribution < -0.4 is 10.6 Å². The van der Waals surface area contributed by atoms with Crippen LogP contribution in [0.5, 0.6) is 0 Å². The van der Waals surface area contributed by atoms with Crippen molar-refractivity contribution in [1.29, 1.82) is 0 Å². The second kappa shape index (κ2) is 6.65. The van der Waals surface area contributed by atoms with E-state index >= 15 is 0 Å². The van der Waals surface area contributed by atoms with Crippen molar-refractivity contribution in [3.63, 3.8) is 0 Å². The topological polar surface area (TPSA) is 29.3 Å². The molecule has 0 spiro atoms. The first kappa shape index (κ1) is 14.0. The molecule has 0 saturated carbocycles. The fourth-order valence-corrected chi connectivity index (χ4v) is 2.25. The molecule has 1 aromatic carbocycles. The summed E-state index contributed by atoms with van der Waals surface area (Å²) in [6.45, 7) is 9.85. The predicted octanol–water partition coefficient (Wildman–Crippen LogP) is 3.20. The number of benzene rings is 1. The molecular formula is C15H26N2. The Hall–Kier alpha value is -1.02. The van der Waals surface area contributed by atoms with Crippen molar-refractivity contribution in [3.05, 3.63) is 29.8 Å². The fraction of sp³-hybridized carbons (Fsp3) is 0.600. The van der Waals surface area contributed by atoms with Gasteiger partial charge in [-0.3, -0.25) is 0 Å². The fourth-order valence-electron chi connectivity index (χ4n) is 2.25. The minimum atomic E-state index is 0.215. The maximum Gasteiger partial charge on any atom is 0.0401 e. The monoisotopic (exact) mass is 234 g/mol. The molecule has 2 nitrogen and oxygen atoms in total. The quantitative estimate of drug-likeness (QED) is 0.819. The van der Waals surface area contributed by atoms with Gasteiger partial charge >= 0.3 is 0 Å². The average Bonchev–Trinajstić information content (AvgIpc) is 2.31. The van der Waals surface area contributed by atoms with Gasteiger partial charge in [-0.1, -0.05) is 25.1 Å². The molecule has 0 amide bonds. The van der Waals surface area contributed by atoms with E-state index < -0.39 is 0 Å². The number of hydrogen-bond donors (Lipinski definition) is 1. The molecule has 0 radical (unpaired) electrons. The van der Waals surface area contributed by atoms with Gasteiger partial charge in [-0.15, -0.1) is 0 Å². The molecule has 0 aliphatic heterocycles. The van der Waals surface area contributed by atoms with Gasteiger partial charge in [0, 0.05) is 24.3 Å². The molecular weight excluding hydrogens is 208 g/mol. The van der Waals surface area contributed by atoms with E-state index in [1.165, 1.54) is 17.7 Å². The number of para-hydroxylation sites is 1. The minimum Gasteiger partial charge on any atom is -0.369 e. The van der Waals surface area contributed by atoms with Gasteiger partial charge < -0.3 is 10.6 Å². The number of hydrogen-bond acceptors (Lipinski definition) is 2. The van der Waals surface area contributed by atoms with Crippen molar-refractivity contribution in [2.75, 3.05) is 11.4 Å². The van der Waals surface area contributed by atoms with Crippen LogP contribution in [0.4, 0.5) is 5.69 Å². The molecule has 1 rings (SSSR count). The van der Waals surface area contributed by atoms with E-state index in [4.69, 9.17) is 5.73 Å². The van der Waals surface area contributed by atoms with Crippen LogP contribution in [-0.2, 0) is 6.42 Å². The third kappa shape index (κ3) is 3.74. The molecule has 2 atom stereocenters. The summed E-state index contributed by atoms with van der Waals surface area (Å²) in [6, 6.07) is 9.43. The Bertz CT molecular complexity index is 333. The summed E-state index contributed by atoms with van der Waals surface area (Å²) in [4.78, 5) is 2.47. The second-order valence-corrected chi connectivity index (χ2v) is 4.85. The van der Waals surface area contributed by atoms with Crippen molar-refractivity contribution < 1.29 is 0 Å². The number of nitrogens with zero attached hydrogens (tertiary/aromatic N) is 1. The van der Waals surface area contributed by atoms with Crippen molar-refractivity contribution in [2.24, 2.45) is 5.73 Å². The predicted molar refractivity (Wildman–Crippen MR) is 76.6 cm³/mol. The van der Waals surface area contributed by atoms with E-state index in [0.29, 0.717) is 6.04 Å². The molecule has 96 valence electrons. The zero-order valence-corrected chi connectivity index (χ0v) is 11.6. The first-order valence-electron chi connectivity index (χ1n) is 6.70. The second-order valence-electron chi connectivity index (χ2n) is 4.85. The van der Waals surface area contributed by atoms with Gasteiger partial charge in [-0.05, 0) is 45.2 Å². The molecule has 0 fully saturated rings. The lowest BCUT2D eigenvalue weighted by molar-refractivity contribution is 0.624. The van der Waals surface area contributed by atoms with Gasteiger partial charge in [0.15, 0.2) is 0 Å². The van der Waals surface area contributed by atoms with Crippen LogP contribution in [0.15, 0.2) is 24.3 Å². The van der Waals surface area contributed by atoms with E-state index in [1.807, 2.05) is 0 Å². The third-order valence-corrected chi connectivity index (χ3v) is 3.31. The summed E-state index contributed by atoms with van der Waals surface area (Å²) >= 11 is 0. The Morgan fingerprint density at radius 1 is 1.18 bits per heavy atom. The smallest absolute Gasteiger partial charge is 0.0401 e. The molecule has 2 heteroatoms. The number of nitrogens with two attached hydrogens (primary N) is 1. The lowest BCUT2D eigenvalue weighted by atomic mass is 10.0. The highest BCUT2D eigenvalue weighted by Crippen LogP contribution is 2.24. The molecule has 2 unspecified atom stereocenters. The van der Waals surface area contributed by atoms with Crippen LogP contribution in [0.3, 0.4) is 0 Å². The summed E-state index contributed by atoms with van der Waals surface area (Å²) < 4.78 is 0. The van der Waals surface area contributed by atoms with Crippen LogP contribution in [-0.4, -0.2) is 18.6 Å². The van der Waals surface area contributed by atoms with Crippen LogP contribution in [0, 0.1) is 0 Å². The highest BCUT2D eigenvalue weighted by atomic mass is 15.2. The molecule has 0 bridgehead atoms. The SMILES string of the molecule is CCC(C)N(CC)c1ccccc1CC(C)N. The largest absolute Gasteiger partial charge is 0.369 e. The Kier molecular flexibility index (Phi) is 5.49. The zero-order chi connectivity index (χ0) is 12.8. The summed E-state index contributed by atoms with van der Waals surface area (Å²) in [5.74, 6) is 0. The first-order valence-corrected chi connectivity index (χ1v) is 6.70. The molecule has 2 N–H and O–H groups in total. The summed E-state index contributed by atoms with van der Waals surface area (Å²) in [5.41, 5.74) is 8.64. The lowest BCUT2D eigenvalue weighted by Crippen LogP contribution is -2.33. The van der Waals surface area contributed by atoms with Gasteiger partial charge in [0.1, 0.15) is 0 Å². The number of anilines is 1. The Labute approximate surface area is 106 Å². The van der Waals surface area contributed by atoms with Crippen LogP contribution in [0.1, 0.15) is 39.7 Å². The van der Waals surface area contributed by atoms with E-state index in [0.717, 1.165) is 13.0 Å². The molecule has 0 heterocycles. The van der Waals surface area contributed by atoms with Crippen LogP contribution in [0.2, 0.25) is 0 Å². The van der Waals surface area contributed by atoms with Gasteiger partial charge in [0.2, 0.25) is 0 Å². The molecule has 0 aliphatic carbocycles. The van der Waals surface area contributed by atoms with Crippen molar-refractivity contribution in [3.8, 4) is 0 Å².